The van der Waals surface area contributed by atoms with Crippen molar-refractivity contribution < 1.29 is 4.74 Å². The van der Waals surface area contributed by atoms with E-state index in [1.54, 1.807) is 0 Å². The molecule has 3 aliphatic rings. The minimum Gasteiger partial charge on any atom is -0.369 e. The summed E-state index contributed by atoms with van der Waals surface area (Å²) in [5.41, 5.74) is 4.73. The Hall–Kier alpha value is -2.35. The van der Waals surface area contributed by atoms with Crippen LogP contribution in [0.15, 0.2) is 48.5 Å². The minimum absolute atomic E-state index is 0.0212. The van der Waals surface area contributed by atoms with Crippen LogP contribution in [0.1, 0.15) is 42.4 Å². The number of nitrogens with zero attached hydrogens (tertiary/aromatic N) is 3. The summed E-state index contributed by atoms with van der Waals surface area (Å²) in [6, 6.07) is 19.7. The summed E-state index contributed by atoms with van der Waals surface area (Å²) in [6.45, 7) is 5.06. The van der Waals surface area contributed by atoms with Gasteiger partial charge >= 0.3 is 0 Å². The van der Waals surface area contributed by atoms with E-state index in [1.807, 2.05) is 18.2 Å². The van der Waals surface area contributed by atoms with Gasteiger partial charge in [0.05, 0.1) is 23.8 Å². The Kier molecular flexibility index (Phi) is 4.58. The first-order valence-electron chi connectivity index (χ1n) is 10.5. The van der Waals surface area contributed by atoms with Crippen LogP contribution in [0.5, 0.6) is 0 Å². The molecule has 0 radical (unpaired) electrons. The molecule has 0 amide bonds. The molecule has 1 saturated heterocycles. The van der Waals surface area contributed by atoms with Crippen LogP contribution in [0.2, 0.25) is 0 Å². The summed E-state index contributed by atoms with van der Waals surface area (Å²) in [7, 11) is 0. The second kappa shape index (κ2) is 7.24. The van der Waals surface area contributed by atoms with Gasteiger partial charge < -0.3 is 9.64 Å². The Labute approximate surface area is 167 Å². The highest BCUT2D eigenvalue weighted by atomic mass is 16.5. The average molecular weight is 374 g/mol. The van der Waals surface area contributed by atoms with E-state index in [0.29, 0.717) is 6.04 Å². The van der Waals surface area contributed by atoms with E-state index in [-0.39, 0.29) is 5.60 Å². The average Bonchev–Trinajstić information content (AvgIpc) is 3.13. The van der Waals surface area contributed by atoms with E-state index >= 15 is 0 Å². The lowest BCUT2D eigenvalue weighted by Gasteiger charge is -2.45. The third-order valence-corrected chi connectivity index (χ3v) is 6.95. The number of nitriles is 1. The lowest BCUT2D eigenvalue weighted by molar-refractivity contribution is -0.0777. The summed E-state index contributed by atoms with van der Waals surface area (Å²) in [4.78, 5) is 5.09. The first-order valence-corrected chi connectivity index (χ1v) is 10.5. The molecule has 0 unspecified atom stereocenters. The fourth-order valence-corrected chi connectivity index (χ4v) is 5.35. The zero-order valence-corrected chi connectivity index (χ0v) is 16.3. The summed E-state index contributed by atoms with van der Waals surface area (Å²) in [6.07, 6.45) is 4.72. The predicted octanol–water partition coefficient (Wildman–Crippen LogP) is 4.05. The van der Waals surface area contributed by atoms with Crippen molar-refractivity contribution >= 4 is 5.69 Å². The van der Waals surface area contributed by atoms with Crippen LogP contribution in [0.25, 0.3) is 0 Å². The van der Waals surface area contributed by atoms with E-state index in [0.717, 1.165) is 51.2 Å². The fourth-order valence-electron chi connectivity index (χ4n) is 5.35. The van der Waals surface area contributed by atoms with E-state index in [4.69, 9.17) is 10.00 Å². The molecule has 2 heterocycles. The van der Waals surface area contributed by atoms with Gasteiger partial charge in [-0.1, -0.05) is 30.3 Å². The Bertz CT molecular complexity index is 887. The molecule has 4 nitrogen and oxygen atoms in total. The van der Waals surface area contributed by atoms with Crippen molar-refractivity contribution in [3.05, 3.63) is 65.2 Å². The Morgan fingerprint density at radius 1 is 0.964 bits per heavy atom. The lowest BCUT2D eigenvalue weighted by atomic mass is 9.77. The molecule has 2 aliphatic heterocycles. The van der Waals surface area contributed by atoms with Crippen molar-refractivity contribution in [1.29, 1.82) is 5.26 Å². The first-order chi connectivity index (χ1) is 13.8. The molecule has 0 N–H and O–H groups in total. The highest BCUT2D eigenvalue weighted by Gasteiger charge is 2.43. The molecular formula is C24H27N3O. The summed E-state index contributed by atoms with van der Waals surface area (Å²) < 4.78 is 6.33. The van der Waals surface area contributed by atoms with E-state index < -0.39 is 0 Å². The van der Waals surface area contributed by atoms with Gasteiger partial charge in [-0.2, -0.15) is 5.26 Å². The first kappa shape index (κ1) is 17.7. The molecule has 1 spiro atoms. The molecule has 144 valence electrons. The van der Waals surface area contributed by atoms with Crippen LogP contribution >= 0.6 is 0 Å². The van der Waals surface area contributed by atoms with Gasteiger partial charge in [0.2, 0.25) is 0 Å². The molecule has 0 bridgehead atoms. The number of ether oxygens (including phenoxy) is 1. The van der Waals surface area contributed by atoms with Crippen molar-refractivity contribution in [2.45, 2.75) is 43.9 Å². The van der Waals surface area contributed by atoms with Gasteiger partial charge in [-0.15, -0.1) is 0 Å². The molecule has 2 fully saturated rings. The highest BCUT2D eigenvalue weighted by molar-refractivity contribution is 5.51. The highest BCUT2D eigenvalue weighted by Crippen LogP contribution is 2.47. The van der Waals surface area contributed by atoms with Crippen molar-refractivity contribution in [1.82, 2.24) is 4.90 Å². The number of hydrogen-bond acceptors (Lipinski definition) is 4. The maximum atomic E-state index is 9.13. The largest absolute Gasteiger partial charge is 0.369 e. The second-order valence-corrected chi connectivity index (χ2v) is 8.36. The van der Waals surface area contributed by atoms with Crippen LogP contribution in [0.4, 0.5) is 5.69 Å². The smallest absolute Gasteiger partial charge is 0.0992 e. The topological polar surface area (TPSA) is 39.5 Å². The Balaban J connectivity index is 1.19. The van der Waals surface area contributed by atoms with Crippen LogP contribution in [0, 0.1) is 11.3 Å². The normalized spacial score (nSPS) is 27.5. The summed E-state index contributed by atoms with van der Waals surface area (Å²) in [5.74, 6) is 0. The van der Waals surface area contributed by atoms with Crippen LogP contribution in [-0.2, 0) is 16.9 Å². The maximum absolute atomic E-state index is 9.13. The standard InChI is InChI=1S/C24H27N3O/c25-17-19-4-3-6-22(16-19)27-14-12-26(13-15-27)21-8-10-24(11-9-21)23-7-2-1-5-20(23)18-28-24/h1-7,16,21H,8-15,18H2. The van der Waals surface area contributed by atoms with Gasteiger partial charge in [0.1, 0.15) is 0 Å². The van der Waals surface area contributed by atoms with Gasteiger partial charge in [-0.05, 0) is 55.0 Å². The maximum Gasteiger partial charge on any atom is 0.0992 e. The monoisotopic (exact) mass is 373 g/mol. The van der Waals surface area contributed by atoms with Gasteiger partial charge in [-0.25, -0.2) is 0 Å². The number of hydrogen-bond donors (Lipinski definition) is 0. The minimum atomic E-state index is -0.0212. The van der Waals surface area contributed by atoms with Crippen LogP contribution in [0.3, 0.4) is 0 Å². The molecule has 2 aromatic carbocycles. The van der Waals surface area contributed by atoms with Crippen molar-refractivity contribution in [2.75, 3.05) is 31.1 Å². The van der Waals surface area contributed by atoms with Gasteiger partial charge in [0, 0.05) is 37.9 Å². The molecule has 2 aromatic rings. The SMILES string of the molecule is N#Cc1cccc(N2CCN(C3CCC4(CC3)OCc3ccccc34)CC2)c1. The van der Waals surface area contributed by atoms with Gasteiger partial charge in [0.15, 0.2) is 0 Å². The molecular weight excluding hydrogens is 346 g/mol. The molecule has 5 rings (SSSR count). The van der Waals surface area contributed by atoms with Crippen molar-refractivity contribution in [3.63, 3.8) is 0 Å². The predicted molar refractivity (Wildman–Crippen MR) is 110 cm³/mol. The molecule has 1 saturated carbocycles. The third kappa shape index (κ3) is 3.09. The quantitative estimate of drug-likeness (QED) is 0.796. The number of anilines is 1. The molecule has 0 atom stereocenters. The van der Waals surface area contributed by atoms with Gasteiger partial charge in [0.25, 0.3) is 0 Å². The fraction of sp³-hybridized carbons (Fsp3) is 0.458. The van der Waals surface area contributed by atoms with E-state index in [2.05, 4.69) is 46.2 Å². The van der Waals surface area contributed by atoms with Crippen molar-refractivity contribution in [2.24, 2.45) is 0 Å². The van der Waals surface area contributed by atoms with Crippen molar-refractivity contribution in [3.8, 4) is 6.07 Å². The molecule has 0 aromatic heterocycles. The third-order valence-electron chi connectivity index (χ3n) is 6.95. The Morgan fingerprint density at radius 3 is 2.54 bits per heavy atom. The number of rotatable bonds is 2. The molecule has 4 heteroatoms. The number of piperazine rings is 1. The Morgan fingerprint density at radius 2 is 1.75 bits per heavy atom. The van der Waals surface area contributed by atoms with Crippen LogP contribution in [-0.4, -0.2) is 37.1 Å². The molecule has 28 heavy (non-hydrogen) atoms. The number of fused-ring (bicyclic) bond motifs is 2. The zero-order chi connectivity index (χ0) is 19.0. The number of benzene rings is 2. The van der Waals surface area contributed by atoms with E-state index in [9.17, 15) is 0 Å². The van der Waals surface area contributed by atoms with E-state index in [1.165, 1.54) is 29.7 Å². The molecule has 1 aliphatic carbocycles. The lowest BCUT2D eigenvalue weighted by Crippen LogP contribution is -2.52. The second-order valence-electron chi connectivity index (χ2n) is 8.36. The zero-order valence-electron chi connectivity index (χ0n) is 16.3. The van der Waals surface area contributed by atoms with Gasteiger partial charge in [-0.3, -0.25) is 4.90 Å². The summed E-state index contributed by atoms with van der Waals surface area (Å²) >= 11 is 0. The van der Waals surface area contributed by atoms with Crippen LogP contribution < -0.4 is 4.90 Å². The summed E-state index contributed by atoms with van der Waals surface area (Å²) in [5, 5.41) is 9.13.